The van der Waals surface area contributed by atoms with Crippen molar-refractivity contribution in [2.24, 2.45) is 0 Å². The van der Waals surface area contributed by atoms with Gasteiger partial charge in [0.2, 0.25) is 5.91 Å². The first-order valence-corrected chi connectivity index (χ1v) is 6.25. The van der Waals surface area contributed by atoms with E-state index in [1.807, 2.05) is 0 Å². The Balaban J connectivity index is 2.18. The van der Waals surface area contributed by atoms with Crippen molar-refractivity contribution in [2.45, 2.75) is 0 Å². The van der Waals surface area contributed by atoms with Gasteiger partial charge in [-0.25, -0.2) is 13.2 Å². The largest absolute Gasteiger partial charge is 0.320 e. The highest BCUT2D eigenvalue weighted by molar-refractivity contribution is 6.02. The maximum atomic E-state index is 13.5. The van der Waals surface area contributed by atoms with Gasteiger partial charge in [-0.15, -0.1) is 0 Å². The average molecular weight is 322 g/mol. The van der Waals surface area contributed by atoms with E-state index in [9.17, 15) is 28.1 Å². The minimum Gasteiger partial charge on any atom is -0.320 e. The lowest BCUT2D eigenvalue weighted by atomic mass is 10.2. The molecule has 2 rings (SSSR count). The molecule has 0 bridgehead atoms. The highest BCUT2D eigenvalue weighted by Gasteiger charge is 2.12. The summed E-state index contributed by atoms with van der Waals surface area (Å²) in [5.74, 6) is -3.51. The summed E-state index contributed by atoms with van der Waals surface area (Å²) in [5.41, 5.74) is -1.25. The van der Waals surface area contributed by atoms with Crippen LogP contribution in [0.3, 0.4) is 0 Å². The highest BCUT2D eigenvalue weighted by atomic mass is 19.1. The first-order valence-electron chi connectivity index (χ1n) is 6.25. The smallest absolute Gasteiger partial charge is 0.271 e. The van der Waals surface area contributed by atoms with Gasteiger partial charge in [0, 0.05) is 23.8 Å². The lowest BCUT2D eigenvalue weighted by molar-refractivity contribution is -0.384. The van der Waals surface area contributed by atoms with Crippen molar-refractivity contribution in [2.75, 3.05) is 5.32 Å². The standard InChI is InChI=1S/C15H9F3N2O3/c16-11-2-1-3-12(17)10(11)5-7-15(21)19-14-8-9(20(22)23)4-6-13(14)18/h1-8H,(H,19,21). The fraction of sp³-hybridized carbons (Fsp3) is 0. The summed E-state index contributed by atoms with van der Waals surface area (Å²) in [6, 6.07) is 5.80. The number of anilines is 1. The van der Waals surface area contributed by atoms with Gasteiger partial charge in [0.05, 0.1) is 10.6 Å². The van der Waals surface area contributed by atoms with Gasteiger partial charge in [0.25, 0.3) is 5.69 Å². The molecule has 0 fully saturated rings. The molecule has 0 aliphatic rings. The molecule has 0 radical (unpaired) electrons. The van der Waals surface area contributed by atoms with Crippen LogP contribution in [0.25, 0.3) is 6.08 Å². The molecule has 1 N–H and O–H groups in total. The topological polar surface area (TPSA) is 72.2 Å². The molecule has 0 aliphatic heterocycles. The van der Waals surface area contributed by atoms with Gasteiger partial charge in [-0.1, -0.05) is 6.07 Å². The van der Waals surface area contributed by atoms with Crippen molar-refractivity contribution in [1.29, 1.82) is 0 Å². The van der Waals surface area contributed by atoms with Crippen molar-refractivity contribution in [3.8, 4) is 0 Å². The zero-order valence-corrected chi connectivity index (χ0v) is 11.4. The number of nitrogens with one attached hydrogen (secondary N) is 1. The fourth-order valence-electron chi connectivity index (χ4n) is 1.73. The quantitative estimate of drug-likeness (QED) is 0.530. The maximum Gasteiger partial charge on any atom is 0.271 e. The van der Waals surface area contributed by atoms with Gasteiger partial charge in [-0.05, 0) is 24.3 Å². The van der Waals surface area contributed by atoms with Crippen molar-refractivity contribution in [3.63, 3.8) is 0 Å². The predicted octanol–water partition coefficient (Wildman–Crippen LogP) is 3.66. The molecule has 5 nitrogen and oxygen atoms in total. The first-order chi connectivity index (χ1) is 10.9. The van der Waals surface area contributed by atoms with Crippen LogP contribution in [-0.2, 0) is 4.79 Å². The molecule has 2 aromatic carbocycles. The summed E-state index contributed by atoms with van der Waals surface area (Å²) in [6.07, 6.45) is 1.68. The Labute approximate surface area is 128 Å². The van der Waals surface area contributed by atoms with Crippen molar-refractivity contribution < 1.29 is 22.9 Å². The van der Waals surface area contributed by atoms with E-state index < -0.39 is 45.2 Å². The van der Waals surface area contributed by atoms with E-state index in [-0.39, 0.29) is 0 Å². The summed E-state index contributed by atoms with van der Waals surface area (Å²) < 4.78 is 40.3. The molecule has 0 saturated carbocycles. The van der Waals surface area contributed by atoms with Crippen molar-refractivity contribution >= 4 is 23.4 Å². The molecule has 0 heterocycles. The number of hydrogen-bond donors (Lipinski definition) is 1. The van der Waals surface area contributed by atoms with E-state index in [1.165, 1.54) is 6.07 Å². The number of hydrogen-bond acceptors (Lipinski definition) is 3. The first kappa shape index (κ1) is 16.2. The van der Waals surface area contributed by atoms with E-state index in [0.717, 1.165) is 42.5 Å². The van der Waals surface area contributed by atoms with Crippen LogP contribution in [0.2, 0.25) is 0 Å². The molecule has 8 heteroatoms. The molecule has 1 amide bonds. The molecule has 0 unspecified atom stereocenters. The number of nitrogens with zero attached hydrogens (tertiary/aromatic N) is 1. The Kier molecular flexibility index (Phi) is 4.75. The van der Waals surface area contributed by atoms with Crippen LogP contribution in [0.4, 0.5) is 24.5 Å². The van der Waals surface area contributed by atoms with E-state index in [2.05, 4.69) is 5.32 Å². The van der Waals surface area contributed by atoms with Gasteiger partial charge >= 0.3 is 0 Å². The van der Waals surface area contributed by atoms with Crippen molar-refractivity contribution in [1.82, 2.24) is 0 Å². The second kappa shape index (κ2) is 6.73. The zero-order valence-electron chi connectivity index (χ0n) is 11.4. The molecule has 0 aliphatic carbocycles. The van der Waals surface area contributed by atoms with Gasteiger partial charge < -0.3 is 5.32 Å². The van der Waals surface area contributed by atoms with Gasteiger partial charge in [-0.3, -0.25) is 14.9 Å². The number of halogens is 3. The monoisotopic (exact) mass is 322 g/mol. The van der Waals surface area contributed by atoms with E-state index >= 15 is 0 Å². The third-order valence-corrected chi connectivity index (χ3v) is 2.82. The van der Waals surface area contributed by atoms with Crippen LogP contribution in [0, 0.1) is 27.6 Å². The Bertz CT molecular complexity index is 786. The maximum absolute atomic E-state index is 13.5. The summed E-state index contributed by atoms with van der Waals surface area (Å²) in [6.45, 7) is 0. The summed E-state index contributed by atoms with van der Waals surface area (Å²) in [4.78, 5) is 21.5. The lowest BCUT2D eigenvalue weighted by Gasteiger charge is -2.04. The minimum atomic E-state index is -0.896. The Hall–Kier alpha value is -3.16. The van der Waals surface area contributed by atoms with E-state index in [1.54, 1.807) is 0 Å². The lowest BCUT2D eigenvalue weighted by Crippen LogP contribution is -2.09. The van der Waals surface area contributed by atoms with Crippen LogP contribution < -0.4 is 5.32 Å². The molecule has 0 aromatic heterocycles. The molecular weight excluding hydrogens is 313 g/mol. The zero-order chi connectivity index (χ0) is 17.0. The molecule has 23 heavy (non-hydrogen) atoms. The Morgan fingerprint density at radius 3 is 2.35 bits per heavy atom. The number of carbonyl (C=O) groups is 1. The van der Waals surface area contributed by atoms with Crippen LogP contribution in [-0.4, -0.2) is 10.8 Å². The third kappa shape index (κ3) is 3.94. The second-order valence-corrected chi connectivity index (χ2v) is 4.38. The minimum absolute atomic E-state index is 0.411. The average Bonchev–Trinajstić information content (AvgIpc) is 2.48. The fourth-order valence-corrected chi connectivity index (χ4v) is 1.73. The number of benzene rings is 2. The van der Waals surface area contributed by atoms with Crippen molar-refractivity contribution in [3.05, 3.63) is 75.6 Å². The van der Waals surface area contributed by atoms with Crippen LogP contribution >= 0.6 is 0 Å². The second-order valence-electron chi connectivity index (χ2n) is 4.38. The molecule has 0 atom stereocenters. The predicted molar refractivity (Wildman–Crippen MR) is 77.1 cm³/mol. The number of amides is 1. The summed E-state index contributed by atoms with van der Waals surface area (Å²) in [5, 5.41) is 12.7. The summed E-state index contributed by atoms with van der Waals surface area (Å²) >= 11 is 0. The SMILES string of the molecule is O=C(C=Cc1c(F)cccc1F)Nc1cc([N+](=O)[O-])ccc1F. The van der Waals surface area contributed by atoms with Gasteiger partial charge in [-0.2, -0.15) is 0 Å². The number of nitro groups is 1. The molecule has 118 valence electrons. The molecular formula is C15H9F3N2O3. The normalized spacial score (nSPS) is 10.7. The van der Waals surface area contributed by atoms with Crippen LogP contribution in [0.15, 0.2) is 42.5 Å². The van der Waals surface area contributed by atoms with E-state index in [0.29, 0.717) is 0 Å². The number of non-ortho nitro benzene ring substituents is 1. The summed E-state index contributed by atoms with van der Waals surface area (Å²) in [7, 11) is 0. The number of nitro benzene ring substituents is 1. The van der Waals surface area contributed by atoms with Crippen LogP contribution in [0.5, 0.6) is 0 Å². The van der Waals surface area contributed by atoms with Gasteiger partial charge in [0.15, 0.2) is 0 Å². The molecule has 0 spiro atoms. The van der Waals surface area contributed by atoms with E-state index in [4.69, 9.17) is 0 Å². The number of rotatable bonds is 4. The molecule has 0 saturated heterocycles. The number of carbonyl (C=O) groups excluding carboxylic acids is 1. The Morgan fingerprint density at radius 2 is 1.74 bits per heavy atom. The molecule has 2 aromatic rings. The Morgan fingerprint density at radius 1 is 1.09 bits per heavy atom. The van der Waals surface area contributed by atoms with Gasteiger partial charge in [0.1, 0.15) is 17.5 Å². The third-order valence-electron chi connectivity index (χ3n) is 2.82. The highest BCUT2D eigenvalue weighted by Crippen LogP contribution is 2.21. The van der Waals surface area contributed by atoms with Crippen LogP contribution in [0.1, 0.15) is 5.56 Å².